The van der Waals surface area contributed by atoms with Crippen molar-refractivity contribution >= 4 is 21.6 Å². The molecule has 10 heteroatoms. The van der Waals surface area contributed by atoms with Gasteiger partial charge in [-0.3, -0.25) is 9.10 Å². The Morgan fingerprint density at radius 1 is 1.06 bits per heavy atom. The first-order chi connectivity index (χ1) is 16.1. The minimum absolute atomic E-state index is 0.0675. The molecule has 0 aliphatic carbocycles. The first-order valence-corrected chi connectivity index (χ1v) is 11.8. The lowest BCUT2D eigenvalue weighted by Gasteiger charge is -2.34. The number of nitrogens with one attached hydrogen (secondary N) is 1. The molecule has 1 amide bonds. The second-order valence-electron chi connectivity index (χ2n) is 7.84. The number of nitrogens with zero attached hydrogens (tertiary/aromatic N) is 1. The third-order valence-corrected chi connectivity index (χ3v) is 7.15. The topological polar surface area (TPSA) is 75.7 Å². The zero-order chi connectivity index (χ0) is 24.5. The lowest BCUT2D eigenvalue weighted by molar-refractivity contribution is -0.137. The highest BCUT2D eigenvalue weighted by Crippen LogP contribution is 2.37. The molecule has 3 aromatic carbocycles. The summed E-state index contributed by atoms with van der Waals surface area (Å²) < 4.78 is 72.4. The number of carbonyl (C=O) groups excluding carboxylic acids is 1. The number of fused-ring (bicyclic) bond motifs is 1. The van der Waals surface area contributed by atoms with Crippen LogP contribution in [0.3, 0.4) is 0 Å². The van der Waals surface area contributed by atoms with E-state index in [0.29, 0.717) is 5.69 Å². The molecule has 3 aromatic rings. The Morgan fingerprint density at radius 3 is 2.47 bits per heavy atom. The summed E-state index contributed by atoms with van der Waals surface area (Å²) in [5, 5.41) is 2.54. The molecule has 0 bridgehead atoms. The maximum Gasteiger partial charge on any atom is 0.416 e. The highest BCUT2D eigenvalue weighted by Gasteiger charge is 2.37. The molecule has 0 radical (unpaired) electrons. The fraction of sp³-hybridized carbons (Fsp3) is 0.208. The molecule has 4 rings (SSSR count). The molecule has 1 N–H and O–H groups in total. The average molecular weight is 491 g/mol. The Kier molecular flexibility index (Phi) is 6.26. The maximum atomic E-state index is 13.4. The largest absolute Gasteiger partial charge is 0.476 e. The van der Waals surface area contributed by atoms with Crippen LogP contribution in [0.15, 0.2) is 77.7 Å². The molecule has 0 saturated heterocycles. The number of ether oxygens (including phenoxy) is 1. The summed E-state index contributed by atoms with van der Waals surface area (Å²) in [7, 11) is -4.00. The molecule has 0 saturated carbocycles. The van der Waals surface area contributed by atoms with Gasteiger partial charge in [0.05, 0.1) is 22.7 Å². The van der Waals surface area contributed by atoms with E-state index in [1.165, 1.54) is 24.3 Å². The van der Waals surface area contributed by atoms with Crippen molar-refractivity contribution in [1.29, 1.82) is 0 Å². The number of anilines is 1. The van der Waals surface area contributed by atoms with Crippen molar-refractivity contribution in [3.8, 4) is 5.75 Å². The van der Waals surface area contributed by atoms with E-state index in [1.807, 2.05) is 6.92 Å². The smallest absolute Gasteiger partial charge is 0.416 e. The van der Waals surface area contributed by atoms with Gasteiger partial charge in [0.2, 0.25) is 0 Å². The van der Waals surface area contributed by atoms with E-state index in [4.69, 9.17) is 4.74 Å². The van der Waals surface area contributed by atoms with Gasteiger partial charge < -0.3 is 10.1 Å². The maximum absolute atomic E-state index is 13.4. The molecule has 1 aliphatic heterocycles. The van der Waals surface area contributed by atoms with Crippen molar-refractivity contribution in [1.82, 2.24) is 5.32 Å². The van der Waals surface area contributed by atoms with Crippen LogP contribution in [-0.4, -0.2) is 27.0 Å². The number of halogens is 3. The molecule has 0 aromatic heterocycles. The van der Waals surface area contributed by atoms with Gasteiger partial charge in [-0.05, 0) is 48.9 Å². The van der Waals surface area contributed by atoms with Crippen LogP contribution in [0.1, 0.15) is 16.7 Å². The predicted molar refractivity (Wildman–Crippen MR) is 120 cm³/mol. The summed E-state index contributed by atoms with van der Waals surface area (Å²) in [6.45, 7) is 1.38. The van der Waals surface area contributed by atoms with Crippen LogP contribution in [0, 0.1) is 6.92 Å². The van der Waals surface area contributed by atoms with Gasteiger partial charge in [-0.2, -0.15) is 13.2 Å². The van der Waals surface area contributed by atoms with E-state index < -0.39 is 33.8 Å². The SMILES string of the molecule is Cc1ccc(S(=O)(=O)N2C[C@H](C(=O)NCc3cccc(C(F)(F)F)c3)Oc3ccccc32)cc1. The summed E-state index contributed by atoms with van der Waals surface area (Å²) >= 11 is 0. The minimum Gasteiger partial charge on any atom is -0.476 e. The molecule has 1 atom stereocenters. The molecule has 0 fully saturated rings. The number of alkyl halides is 3. The quantitative estimate of drug-likeness (QED) is 0.579. The Bertz CT molecular complexity index is 1310. The molecular weight excluding hydrogens is 469 g/mol. The summed E-state index contributed by atoms with van der Waals surface area (Å²) in [5.74, 6) is -0.431. The van der Waals surface area contributed by atoms with Gasteiger partial charge in [0.1, 0.15) is 5.75 Å². The fourth-order valence-electron chi connectivity index (χ4n) is 3.56. The monoisotopic (exact) mass is 490 g/mol. The van der Waals surface area contributed by atoms with Crippen molar-refractivity contribution in [2.24, 2.45) is 0 Å². The number of carbonyl (C=O) groups is 1. The third kappa shape index (κ3) is 4.86. The van der Waals surface area contributed by atoms with Gasteiger partial charge in [-0.15, -0.1) is 0 Å². The fourth-order valence-corrected chi connectivity index (χ4v) is 5.04. The van der Waals surface area contributed by atoms with Gasteiger partial charge >= 0.3 is 6.18 Å². The summed E-state index contributed by atoms with van der Waals surface area (Å²) in [6.07, 6.45) is -5.69. The summed E-state index contributed by atoms with van der Waals surface area (Å²) in [5.41, 5.74) is 0.624. The van der Waals surface area contributed by atoms with Crippen LogP contribution in [0.2, 0.25) is 0 Å². The molecule has 178 valence electrons. The number of para-hydroxylation sites is 2. The highest BCUT2D eigenvalue weighted by atomic mass is 32.2. The lowest BCUT2D eigenvalue weighted by atomic mass is 10.1. The van der Waals surface area contributed by atoms with Crippen molar-refractivity contribution in [3.05, 3.63) is 89.5 Å². The Hall–Kier alpha value is -3.53. The second-order valence-corrected chi connectivity index (χ2v) is 9.70. The first kappa shape index (κ1) is 23.6. The van der Waals surface area contributed by atoms with Gasteiger partial charge in [-0.1, -0.05) is 42.0 Å². The van der Waals surface area contributed by atoms with Crippen molar-refractivity contribution in [2.45, 2.75) is 30.6 Å². The number of hydrogen-bond donors (Lipinski definition) is 1. The number of rotatable bonds is 5. The number of benzene rings is 3. The molecule has 34 heavy (non-hydrogen) atoms. The van der Waals surface area contributed by atoms with Crippen LogP contribution < -0.4 is 14.4 Å². The van der Waals surface area contributed by atoms with Crippen LogP contribution in [-0.2, 0) is 27.5 Å². The zero-order valence-electron chi connectivity index (χ0n) is 18.0. The normalized spacial score (nSPS) is 15.9. The standard InChI is InChI=1S/C24H21F3N2O4S/c1-16-9-11-19(12-10-16)34(31,32)29-15-22(33-21-8-3-2-7-20(21)29)23(30)28-14-17-5-4-6-18(13-17)24(25,26)27/h2-13,22H,14-15H2,1H3,(H,28,30)/t22-/m1/s1. The van der Waals surface area contributed by atoms with E-state index in [1.54, 1.807) is 36.4 Å². The van der Waals surface area contributed by atoms with Crippen LogP contribution in [0.5, 0.6) is 5.75 Å². The van der Waals surface area contributed by atoms with Crippen molar-refractivity contribution in [2.75, 3.05) is 10.8 Å². The van der Waals surface area contributed by atoms with Crippen LogP contribution >= 0.6 is 0 Å². The van der Waals surface area contributed by atoms with Gasteiger partial charge in [0, 0.05) is 6.54 Å². The average Bonchev–Trinajstić information content (AvgIpc) is 2.81. The molecule has 0 unspecified atom stereocenters. The Labute approximate surface area is 195 Å². The Morgan fingerprint density at radius 2 is 1.76 bits per heavy atom. The molecule has 0 spiro atoms. The number of aryl methyl sites for hydroxylation is 1. The Balaban J connectivity index is 1.56. The minimum atomic E-state index is -4.50. The van der Waals surface area contributed by atoms with Gasteiger partial charge in [0.25, 0.3) is 15.9 Å². The second kappa shape index (κ2) is 9.02. The van der Waals surface area contributed by atoms with E-state index in [-0.39, 0.29) is 29.3 Å². The zero-order valence-corrected chi connectivity index (χ0v) is 18.9. The lowest BCUT2D eigenvalue weighted by Crippen LogP contribution is -2.50. The van der Waals surface area contributed by atoms with E-state index in [9.17, 15) is 26.4 Å². The summed E-state index contributed by atoms with van der Waals surface area (Å²) in [4.78, 5) is 12.9. The van der Waals surface area contributed by atoms with Crippen LogP contribution in [0.25, 0.3) is 0 Å². The van der Waals surface area contributed by atoms with Crippen molar-refractivity contribution in [3.63, 3.8) is 0 Å². The van der Waals surface area contributed by atoms with Crippen molar-refractivity contribution < 1.29 is 31.1 Å². The summed E-state index contributed by atoms with van der Waals surface area (Å²) in [6, 6.07) is 17.4. The molecule has 1 aliphatic rings. The first-order valence-electron chi connectivity index (χ1n) is 10.3. The number of amides is 1. The van der Waals surface area contributed by atoms with E-state index in [2.05, 4.69) is 5.32 Å². The van der Waals surface area contributed by atoms with Gasteiger partial charge in [-0.25, -0.2) is 8.42 Å². The van der Waals surface area contributed by atoms with Gasteiger partial charge in [0.15, 0.2) is 6.10 Å². The molecule has 6 nitrogen and oxygen atoms in total. The van der Waals surface area contributed by atoms with E-state index in [0.717, 1.165) is 22.0 Å². The predicted octanol–water partition coefficient (Wildman–Crippen LogP) is 4.29. The molecule has 1 heterocycles. The number of hydrogen-bond acceptors (Lipinski definition) is 4. The molecular formula is C24H21F3N2O4S. The van der Waals surface area contributed by atoms with Crippen LogP contribution in [0.4, 0.5) is 18.9 Å². The third-order valence-electron chi connectivity index (χ3n) is 5.36. The number of sulfonamides is 1. The van der Waals surface area contributed by atoms with E-state index >= 15 is 0 Å². The highest BCUT2D eigenvalue weighted by molar-refractivity contribution is 7.92.